The summed E-state index contributed by atoms with van der Waals surface area (Å²) >= 11 is 1.87. The summed E-state index contributed by atoms with van der Waals surface area (Å²) in [5, 5.41) is 5.50. The summed E-state index contributed by atoms with van der Waals surface area (Å²) < 4.78 is 9.66. The molecule has 9 rings (SSSR count). The van der Waals surface area contributed by atoms with Gasteiger partial charge in [0.2, 0.25) is 11.8 Å². The maximum absolute atomic E-state index is 13.9. The Labute approximate surface area is 372 Å². The first-order chi connectivity index (χ1) is 30.4. The minimum absolute atomic E-state index is 0.109. The monoisotopic (exact) mass is 876 g/mol. The fourth-order valence-corrected chi connectivity index (χ4v) is 12.2. The molecule has 63 heavy (non-hydrogen) atoms. The number of nitrogens with zero attached hydrogens (tertiary/aromatic N) is 4. The number of nitrogens with one attached hydrogen (secondary N) is 4. The van der Waals surface area contributed by atoms with Gasteiger partial charge in [-0.25, -0.2) is 19.6 Å². The third-order valence-electron chi connectivity index (χ3n) is 14.1. The predicted octanol–water partition coefficient (Wildman–Crippen LogP) is 8.97. The van der Waals surface area contributed by atoms with Gasteiger partial charge in [-0.3, -0.25) is 9.59 Å². The SMILES string of the molecule is COC(=O)N[C@H](C(=O)N1CCC[C@H]1c1nc2ccc(-c3sc(-c4ccc5nc([C@@H]6CCCN6C(=O)[C@@H](NC(=O)OC)C(C)C)[nH]c5c4)c4c3CC3(CCCCC3)C4)cc2[nH]1)C(C)C. The highest BCUT2D eigenvalue weighted by atomic mass is 32.1. The maximum atomic E-state index is 13.9. The van der Waals surface area contributed by atoms with Gasteiger partial charge in [0.25, 0.3) is 0 Å². The zero-order chi connectivity index (χ0) is 44.2. The summed E-state index contributed by atoms with van der Waals surface area (Å²) in [6.45, 7) is 8.90. The second-order valence-electron chi connectivity index (χ2n) is 18.9. The van der Waals surface area contributed by atoms with E-state index in [9.17, 15) is 19.2 Å². The van der Waals surface area contributed by atoms with E-state index in [1.54, 1.807) is 0 Å². The number of ether oxygens (including phenoxy) is 2. The number of aromatic nitrogens is 4. The number of hydrogen-bond donors (Lipinski definition) is 4. The zero-order valence-electron chi connectivity index (χ0n) is 37.3. The Bertz CT molecular complexity index is 2390. The molecule has 4 N–H and O–H groups in total. The van der Waals surface area contributed by atoms with E-state index in [1.807, 2.05) is 48.8 Å². The summed E-state index contributed by atoms with van der Waals surface area (Å²) in [6.07, 6.45) is 10.6. The lowest BCUT2D eigenvalue weighted by atomic mass is 9.72. The van der Waals surface area contributed by atoms with Gasteiger partial charge in [0.15, 0.2) is 0 Å². The fraction of sp³-hybridized carbons (Fsp3) is 0.542. The minimum atomic E-state index is -0.693. The van der Waals surface area contributed by atoms with Crippen molar-refractivity contribution in [1.29, 1.82) is 0 Å². The van der Waals surface area contributed by atoms with Crippen molar-refractivity contribution < 1.29 is 28.7 Å². The molecule has 5 heterocycles. The number of amides is 4. The number of likely N-dealkylation sites (tertiary alicyclic amines) is 2. The second-order valence-corrected chi connectivity index (χ2v) is 20.0. The number of carbonyl (C=O) groups excluding carboxylic acids is 4. The number of rotatable bonds is 10. The van der Waals surface area contributed by atoms with Crippen molar-refractivity contribution in [1.82, 2.24) is 40.4 Å². The number of thiophene rings is 1. The van der Waals surface area contributed by atoms with Crippen molar-refractivity contribution in [2.45, 2.75) is 122 Å². The molecule has 4 aliphatic rings. The molecule has 15 heteroatoms. The first kappa shape index (κ1) is 42.8. The summed E-state index contributed by atoms with van der Waals surface area (Å²) in [5.41, 5.74) is 9.15. The van der Waals surface area contributed by atoms with Gasteiger partial charge in [-0.1, -0.05) is 59.1 Å². The van der Waals surface area contributed by atoms with Gasteiger partial charge >= 0.3 is 12.2 Å². The normalized spacial score (nSPS) is 20.5. The molecular formula is C48H60N8O6S. The average molecular weight is 877 g/mol. The van der Waals surface area contributed by atoms with Crippen LogP contribution in [-0.2, 0) is 31.9 Å². The Morgan fingerprint density at radius 1 is 0.683 bits per heavy atom. The molecule has 3 aromatic heterocycles. The van der Waals surface area contributed by atoms with Crippen molar-refractivity contribution in [2.24, 2.45) is 17.3 Å². The van der Waals surface area contributed by atoms with Gasteiger partial charge in [0.05, 0.1) is 48.4 Å². The van der Waals surface area contributed by atoms with Crippen LogP contribution < -0.4 is 10.6 Å². The van der Waals surface area contributed by atoms with Crippen LogP contribution in [0.2, 0.25) is 0 Å². The van der Waals surface area contributed by atoms with Crippen LogP contribution in [0.15, 0.2) is 36.4 Å². The minimum Gasteiger partial charge on any atom is -0.453 e. The predicted molar refractivity (Wildman–Crippen MR) is 243 cm³/mol. The van der Waals surface area contributed by atoms with E-state index in [-0.39, 0.29) is 35.7 Å². The van der Waals surface area contributed by atoms with E-state index in [2.05, 4.69) is 57.0 Å². The van der Waals surface area contributed by atoms with Gasteiger partial charge in [-0.2, -0.15) is 0 Å². The first-order valence-electron chi connectivity index (χ1n) is 22.8. The van der Waals surface area contributed by atoms with Crippen LogP contribution in [0, 0.1) is 17.3 Å². The van der Waals surface area contributed by atoms with Gasteiger partial charge < -0.3 is 39.9 Å². The van der Waals surface area contributed by atoms with Gasteiger partial charge in [0.1, 0.15) is 23.7 Å². The van der Waals surface area contributed by atoms with Gasteiger partial charge in [0, 0.05) is 22.8 Å². The van der Waals surface area contributed by atoms with Crippen molar-refractivity contribution in [3.8, 4) is 20.9 Å². The molecule has 4 atom stereocenters. The van der Waals surface area contributed by atoms with Crippen LogP contribution in [0.4, 0.5) is 9.59 Å². The number of imidazole rings is 2. The van der Waals surface area contributed by atoms with Crippen molar-refractivity contribution in [3.63, 3.8) is 0 Å². The lowest BCUT2D eigenvalue weighted by molar-refractivity contribution is -0.136. The molecule has 0 bridgehead atoms. The van der Waals surface area contributed by atoms with Crippen molar-refractivity contribution in [3.05, 3.63) is 59.2 Å². The molecule has 3 fully saturated rings. The van der Waals surface area contributed by atoms with Gasteiger partial charge in [-0.15, -0.1) is 11.3 Å². The number of fused-ring (bicyclic) bond motifs is 3. The molecule has 14 nitrogen and oxygen atoms in total. The number of alkyl carbamates (subject to hydrolysis) is 2. The Morgan fingerprint density at radius 2 is 1.13 bits per heavy atom. The Morgan fingerprint density at radius 3 is 1.54 bits per heavy atom. The maximum Gasteiger partial charge on any atom is 0.407 e. The quantitative estimate of drug-likeness (QED) is 0.108. The van der Waals surface area contributed by atoms with Crippen LogP contribution in [0.5, 0.6) is 0 Å². The molecule has 1 spiro atoms. The van der Waals surface area contributed by atoms with Crippen molar-refractivity contribution in [2.75, 3.05) is 27.3 Å². The number of carbonyl (C=O) groups is 4. The molecule has 2 saturated heterocycles. The van der Waals surface area contributed by atoms with Gasteiger partial charge in [-0.05, 0) is 115 Å². The molecule has 0 unspecified atom stereocenters. The smallest absolute Gasteiger partial charge is 0.407 e. The highest BCUT2D eigenvalue weighted by Crippen LogP contribution is 2.56. The van der Waals surface area contributed by atoms with Crippen LogP contribution >= 0.6 is 11.3 Å². The van der Waals surface area contributed by atoms with E-state index >= 15 is 0 Å². The summed E-state index contributed by atoms with van der Waals surface area (Å²) in [6, 6.07) is 11.2. The molecule has 0 radical (unpaired) electrons. The molecule has 2 aliphatic heterocycles. The van der Waals surface area contributed by atoms with Crippen LogP contribution in [0.3, 0.4) is 0 Å². The van der Waals surface area contributed by atoms with Crippen LogP contribution in [0.1, 0.15) is 120 Å². The molecule has 1 saturated carbocycles. The Kier molecular flexibility index (Phi) is 11.7. The van der Waals surface area contributed by atoms with E-state index in [1.165, 1.54) is 67.2 Å². The molecule has 4 amide bonds. The summed E-state index contributed by atoms with van der Waals surface area (Å²) in [5.74, 6) is 1.07. The number of aromatic amines is 2. The van der Waals surface area contributed by atoms with Crippen LogP contribution in [-0.4, -0.2) is 93.1 Å². The standard InChI is InChI=1S/C48H60N8O6S/c1-26(2)38(53-46(59)61-5)44(57)55-20-10-12-36(55)42-49-32-16-14-28(22-34(32)51-42)40-30-24-48(18-8-7-9-19-48)25-31(30)41(63-40)29-15-17-33-35(23-29)52-43(50-33)37-13-11-21-56(37)45(58)39(27(3)4)54-47(60)62-6/h14-17,22-23,26-27,36-39H,7-13,18-21,24-25H2,1-6H3,(H,49,51)(H,50,52)(H,53,59)(H,54,60)/t36-,37-,38-,39-/m0/s1. The zero-order valence-corrected chi connectivity index (χ0v) is 38.1. The summed E-state index contributed by atoms with van der Waals surface area (Å²) in [7, 11) is 2.62. The third-order valence-corrected chi connectivity index (χ3v) is 15.5. The third kappa shape index (κ3) is 8.06. The molecule has 2 aromatic carbocycles. The highest BCUT2D eigenvalue weighted by molar-refractivity contribution is 7.19. The number of methoxy groups -OCH3 is 2. The first-order valence-corrected chi connectivity index (χ1v) is 23.6. The van der Waals surface area contributed by atoms with E-state index in [4.69, 9.17) is 19.4 Å². The van der Waals surface area contributed by atoms with E-state index < -0.39 is 24.3 Å². The summed E-state index contributed by atoms with van der Waals surface area (Å²) in [4.78, 5) is 75.6. The topological polar surface area (TPSA) is 175 Å². The molecule has 334 valence electrons. The van der Waals surface area contributed by atoms with E-state index in [0.717, 1.165) is 83.4 Å². The number of benzene rings is 2. The van der Waals surface area contributed by atoms with Crippen LogP contribution in [0.25, 0.3) is 42.9 Å². The van der Waals surface area contributed by atoms with Crippen molar-refractivity contribution >= 4 is 57.4 Å². The van der Waals surface area contributed by atoms with E-state index in [0.29, 0.717) is 18.5 Å². The molecule has 2 aliphatic carbocycles. The molecule has 5 aromatic rings. The Hall–Kier alpha value is -5.44. The Balaban J connectivity index is 1.02. The fourth-order valence-electron chi connectivity index (χ4n) is 10.8. The number of H-pyrrole nitrogens is 2. The highest BCUT2D eigenvalue weighted by Gasteiger charge is 2.43. The lowest BCUT2D eigenvalue weighted by Crippen LogP contribution is -2.51. The average Bonchev–Trinajstić information content (AvgIpc) is 4.14. The second kappa shape index (κ2) is 17.3. The lowest BCUT2D eigenvalue weighted by Gasteiger charge is -2.33. The molecular weight excluding hydrogens is 817 g/mol. The number of hydrogen-bond acceptors (Lipinski definition) is 9. The largest absolute Gasteiger partial charge is 0.453 e.